The molecular weight excluding hydrogens is 320 g/mol. The number of halogens is 4. The van der Waals surface area contributed by atoms with Crippen molar-refractivity contribution in [3.8, 4) is 0 Å². The summed E-state index contributed by atoms with van der Waals surface area (Å²) in [5, 5.41) is 1.48. The summed E-state index contributed by atoms with van der Waals surface area (Å²) in [5.41, 5.74) is 7.10. The molecule has 0 bridgehead atoms. The van der Waals surface area contributed by atoms with Crippen LogP contribution in [0.15, 0.2) is 36.4 Å². The Morgan fingerprint density at radius 1 is 1.05 bits per heavy atom. The molecule has 20 heavy (non-hydrogen) atoms. The minimum absolute atomic E-state index is 0.117. The second-order valence-corrected chi connectivity index (χ2v) is 5.75. The first kappa shape index (κ1) is 15.6. The predicted molar refractivity (Wildman–Crippen MR) is 83.4 cm³/mol. The summed E-state index contributed by atoms with van der Waals surface area (Å²) in [6.07, 6.45) is 0.392. The molecule has 0 spiro atoms. The van der Waals surface area contributed by atoms with Crippen LogP contribution in [0, 0.1) is 5.82 Å². The third-order valence-corrected chi connectivity index (χ3v) is 4.12. The number of nitrogens with two attached hydrogens (primary N) is 1. The van der Waals surface area contributed by atoms with Crippen LogP contribution in [0.5, 0.6) is 0 Å². The Labute approximate surface area is 132 Å². The maximum absolute atomic E-state index is 13.8. The summed E-state index contributed by atoms with van der Waals surface area (Å²) in [7, 11) is 0. The maximum Gasteiger partial charge on any atom is 0.127 e. The fraction of sp³-hybridized carbons (Fsp3) is 0.200. The van der Waals surface area contributed by atoms with E-state index in [0.29, 0.717) is 33.6 Å². The van der Waals surface area contributed by atoms with Crippen molar-refractivity contribution < 1.29 is 4.39 Å². The molecular formula is C15H13Cl3FN. The highest BCUT2D eigenvalue weighted by molar-refractivity contribution is 6.35. The van der Waals surface area contributed by atoms with Gasteiger partial charge in [-0.1, -0.05) is 46.9 Å². The van der Waals surface area contributed by atoms with Gasteiger partial charge in [-0.15, -0.1) is 0 Å². The Bertz CT molecular complexity index is 596. The van der Waals surface area contributed by atoms with Gasteiger partial charge in [0, 0.05) is 26.5 Å². The first-order valence-corrected chi connectivity index (χ1v) is 7.24. The molecule has 0 amide bonds. The van der Waals surface area contributed by atoms with E-state index in [1.54, 1.807) is 24.3 Å². The van der Waals surface area contributed by atoms with E-state index in [9.17, 15) is 4.39 Å². The van der Waals surface area contributed by atoms with Gasteiger partial charge in [0.15, 0.2) is 0 Å². The van der Waals surface area contributed by atoms with Crippen LogP contribution in [0.25, 0.3) is 0 Å². The Kier molecular flexibility index (Phi) is 5.28. The van der Waals surface area contributed by atoms with Crippen LogP contribution >= 0.6 is 34.8 Å². The second kappa shape index (κ2) is 6.77. The fourth-order valence-electron chi connectivity index (χ4n) is 2.13. The quantitative estimate of drug-likeness (QED) is 0.831. The van der Waals surface area contributed by atoms with Gasteiger partial charge in [0.1, 0.15) is 5.82 Å². The second-order valence-electron chi connectivity index (χ2n) is 4.50. The van der Waals surface area contributed by atoms with Crippen molar-refractivity contribution in [1.82, 2.24) is 0 Å². The van der Waals surface area contributed by atoms with E-state index < -0.39 is 0 Å². The van der Waals surface area contributed by atoms with E-state index in [0.717, 1.165) is 5.56 Å². The number of hydrogen-bond donors (Lipinski definition) is 1. The summed E-state index contributed by atoms with van der Waals surface area (Å²) in [6.45, 7) is 0.339. The zero-order chi connectivity index (χ0) is 14.7. The highest BCUT2D eigenvalue weighted by atomic mass is 35.5. The monoisotopic (exact) mass is 331 g/mol. The molecule has 2 N–H and O–H groups in total. The van der Waals surface area contributed by atoms with Crippen molar-refractivity contribution in [3.63, 3.8) is 0 Å². The Hall–Kier alpha value is -0.800. The van der Waals surface area contributed by atoms with Crippen LogP contribution in [-0.4, -0.2) is 6.54 Å². The van der Waals surface area contributed by atoms with Crippen LogP contribution < -0.4 is 5.73 Å². The standard InChI is InChI=1S/C15H13Cl3FN/c16-10-4-5-11(14(18)7-10)9(8-20)6-12-13(17)2-1-3-15(12)19/h1-5,7,9H,6,8,20H2. The normalized spacial score (nSPS) is 12.4. The average Bonchev–Trinajstić information content (AvgIpc) is 2.40. The van der Waals surface area contributed by atoms with E-state index in [4.69, 9.17) is 40.5 Å². The molecule has 1 unspecified atom stereocenters. The highest BCUT2D eigenvalue weighted by Gasteiger charge is 2.18. The Morgan fingerprint density at radius 3 is 2.40 bits per heavy atom. The molecule has 0 heterocycles. The lowest BCUT2D eigenvalue weighted by molar-refractivity contribution is 0.590. The molecule has 2 rings (SSSR count). The molecule has 0 fully saturated rings. The molecule has 0 radical (unpaired) electrons. The average molecular weight is 333 g/mol. The molecule has 2 aromatic rings. The Balaban J connectivity index is 2.34. The zero-order valence-corrected chi connectivity index (χ0v) is 12.8. The molecule has 0 aromatic heterocycles. The fourth-order valence-corrected chi connectivity index (χ4v) is 2.93. The van der Waals surface area contributed by atoms with Crippen molar-refractivity contribution in [2.24, 2.45) is 5.73 Å². The number of hydrogen-bond acceptors (Lipinski definition) is 1. The third kappa shape index (κ3) is 3.44. The molecule has 0 aliphatic rings. The van der Waals surface area contributed by atoms with Crippen molar-refractivity contribution in [3.05, 3.63) is 68.4 Å². The lowest BCUT2D eigenvalue weighted by Gasteiger charge is -2.18. The molecule has 1 nitrogen and oxygen atoms in total. The van der Waals surface area contributed by atoms with Crippen LogP contribution in [0.1, 0.15) is 17.0 Å². The van der Waals surface area contributed by atoms with Crippen molar-refractivity contribution in [2.75, 3.05) is 6.54 Å². The zero-order valence-electron chi connectivity index (χ0n) is 10.5. The first-order chi connectivity index (χ1) is 9.52. The Morgan fingerprint density at radius 2 is 1.80 bits per heavy atom. The largest absolute Gasteiger partial charge is 0.330 e. The number of benzene rings is 2. The van der Waals surface area contributed by atoms with E-state index in [1.807, 2.05) is 6.07 Å². The van der Waals surface area contributed by atoms with Crippen molar-refractivity contribution >= 4 is 34.8 Å². The van der Waals surface area contributed by atoms with Gasteiger partial charge in [-0.3, -0.25) is 0 Å². The first-order valence-electron chi connectivity index (χ1n) is 6.10. The molecule has 0 saturated heterocycles. The summed E-state index contributed by atoms with van der Waals surface area (Å²) in [5.74, 6) is -0.449. The van der Waals surface area contributed by atoms with Gasteiger partial charge in [0.25, 0.3) is 0 Å². The van der Waals surface area contributed by atoms with Crippen LogP contribution in [0.2, 0.25) is 15.1 Å². The molecule has 5 heteroatoms. The summed E-state index contributed by atoms with van der Waals surface area (Å²) in [4.78, 5) is 0. The van der Waals surface area contributed by atoms with E-state index >= 15 is 0 Å². The lowest BCUT2D eigenvalue weighted by Crippen LogP contribution is -2.16. The SMILES string of the molecule is NCC(Cc1c(F)cccc1Cl)c1ccc(Cl)cc1Cl. The van der Waals surface area contributed by atoms with E-state index in [-0.39, 0.29) is 11.7 Å². The van der Waals surface area contributed by atoms with Gasteiger partial charge in [0.2, 0.25) is 0 Å². The van der Waals surface area contributed by atoms with Crippen LogP contribution in [0.3, 0.4) is 0 Å². The number of rotatable bonds is 4. The molecule has 0 aliphatic carbocycles. The third-order valence-electron chi connectivity index (χ3n) is 3.20. The highest BCUT2D eigenvalue weighted by Crippen LogP contribution is 2.31. The summed E-state index contributed by atoms with van der Waals surface area (Å²) < 4.78 is 13.8. The van der Waals surface area contributed by atoms with Crippen LogP contribution in [-0.2, 0) is 6.42 Å². The van der Waals surface area contributed by atoms with Gasteiger partial charge < -0.3 is 5.73 Å². The minimum atomic E-state index is -0.332. The van der Waals surface area contributed by atoms with Crippen molar-refractivity contribution in [1.29, 1.82) is 0 Å². The molecule has 1 atom stereocenters. The summed E-state index contributed by atoms with van der Waals surface area (Å²) >= 11 is 18.1. The molecule has 0 aliphatic heterocycles. The maximum atomic E-state index is 13.8. The predicted octanol–water partition coefficient (Wildman–Crippen LogP) is 5.07. The van der Waals surface area contributed by atoms with Gasteiger partial charge in [0.05, 0.1) is 0 Å². The van der Waals surface area contributed by atoms with E-state index in [2.05, 4.69) is 0 Å². The van der Waals surface area contributed by atoms with E-state index in [1.165, 1.54) is 6.07 Å². The van der Waals surface area contributed by atoms with Gasteiger partial charge in [-0.2, -0.15) is 0 Å². The van der Waals surface area contributed by atoms with Crippen LogP contribution in [0.4, 0.5) is 4.39 Å². The minimum Gasteiger partial charge on any atom is -0.330 e. The lowest BCUT2D eigenvalue weighted by atomic mass is 9.91. The molecule has 106 valence electrons. The molecule has 0 saturated carbocycles. The summed E-state index contributed by atoms with van der Waals surface area (Å²) in [6, 6.07) is 9.85. The molecule has 2 aromatic carbocycles. The topological polar surface area (TPSA) is 26.0 Å². The smallest absolute Gasteiger partial charge is 0.127 e. The van der Waals surface area contributed by atoms with Gasteiger partial charge >= 0.3 is 0 Å². The van der Waals surface area contributed by atoms with Crippen molar-refractivity contribution in [2.45, 2.75) is 12.3 Å². The van der Waals surface area contributed by atoms with Gasteiger partial charge in [-0.05, 0) is 42.8 Å². The van der Waals surface area contributed by atoms with Gasteiger partial charge in [-0.25, -0.2) is 4.39 Å².